The van der Waals surface area contributed by atoms with Gasteiger partial charge in [0.25, 0.3) is 0 Å². The summed E-state index contributed by atoms with van der Waals surface area (Å²) >= 11 is 0. The van der Waals surface area contributed by atoms with Crippen LogP contribution >= 0.6 is 0 Å². The van der Waals surface area contributed by atoms with Crippen molar-refractivity contribution < 1.29 is 14.3 Å². The van der Waals surface area contributed by atoms with Gasteiger partial charge in [-0.25, -0.2) is 0 Å². The second-order valence-corrected chi connectivity index (χ2v) is 4.63. The largest absolute Gasteiger partial charge is 0.465 e. The van der Waals surface area contributed by atoms with E-state index in [1.54, 1.807) is 0 Å². The summed E-state index contributed by atoms with van der Waals surface area (Å²) in [5, 5.41) is 0. The summed E-state index contributed by atoms with van der Waals surface area (Å²) in [5.41, 5.74) is 1.02. The quantitative estimate of drug-likeness (QED) is 0.726. The number of rotatable bonds is 4. The fourth-order valence-corrected chi connectivity index (χ4v) is 1.60. The van der Waals surface area contributed by atoms with Gasteiger partial charge in [0.05, 0.1) is 19.6 Å². The fraction of sp³-hybridized carbons (Fsp3) is 0.462. The SMILES string of the molecule is CC1(COC(=O)Cc2ccccc2)COC1. The van der Waals surface area contributed by atoms with Crippen LogP contribution in [-0.4, -0.2) is 25.8 Å². The number of carbonyl (C=O) groups is 1. The van der Waals surface area contributed by atoms with Crippen LogP contribution in [0.25, 0.3) is 0 Å². The van der Waals surface area contributed by atoms with Crippen LogP contribution in [0.15, 0.2) is 30.3 Å². The molecule has 86 valence electrons. The Hall–Kier alpha value is -1.35. The zero-order valence-electron chi connectivity index (χ0n) is 9.44. The monoisotopic (exact) mass is 220 g/mol. The first-order valence-corrected chi connectivity index (χ1v) is 5.45. The number of hydrogen-bond donors (Lipinski definition) is 0. The molecule has 0 amide bonds. The van der Waals surface area contributed by atoms with Crippen molar-refractivity contribution in [2.24, 2.45) is 5.41 Å². The van der Waals surface area contributed by atoms with Gasteiger partial charge in [0, 0.05) is 5.41 Å². The predicted octanol–water partition coefficient (Wildman–Crippen LogP) is 1.81. The molecule has 0 spiro atoms. The van der Waals surface area contributed by atoms with Crippen LogP contribution < -0.4 is 0 Å². The van der Waals surface area contributed by atoms with Crippen molar-refractivity contribution in [2.45, 2.75) is 13.3 Å². The van der Waals surface area contributed by atoms with Gasteiger partial charge in [0.2, 0.25) is 0 Å². The summed E-state index contributed by atoms with van der Waals surface area (Å²) < 4.78 is 10.3. The Morgan fingerprint density at radius 3 is 2.62 bits per heavy atom. The predicted molar refractivity (Wildman–Crippen MR) is 60.0 cm³/mol. The van der Waals surface area contributed by atoms with Crippen LogP contribution in [0.5, 0.6) is 0 Å². The molecule has 1 heterocycles. The van der Waals surface area contributed by atoms with Crippen molar-refractivity contribution in [3.63, 3.8) is 0 Å². The smallest absolute Gasteiger partial charge is 0.310 e. The van der Waals surface area contributed by atoms with E-state index in [-0.39, 0.29) is 11.4 Å². The normalized spacial score (nSPS) is 17.6. The van der Waals surface area contributed by atoms with E-state index >= 15 is 0 Å². The summed E-state index contributed by atoms with van der Waals surface area (Å²) in [4.78, 5) is 11.5. The first-order chi connectivity index (χ1) is 7.68. The van der Waals surface area contributed by atoms with Crippen LogP contribution in [0.1, 0.15) is 12.5 Å². The Bertz CT molecular complexity index is 355. The molecule has 1 aromatic carbocycles. The third kappa shape index (κ3) is 2.83. The minimum atomic E-state index is -0.167. The van der Waals surface area contributed by atoms with Gasteiger partial charge in [-0.15, -0.1) is 0 Å². The van der Waals surface area contributed by atoms with Crippen LogP contribution in [0, 0.1) is 5.41 Å². The van der Waals surface area contributed by atoms with Gasteiger partial charge in [-0.05, 0) is 5.56 Å². The highest BCUT2D eigenvalue weighted by Crippen LogP contribution is 2.26. The molecule has 0 atom stereocenters. The summed E-state index contributed by atoms with van der Waals surface area (Å²) in [6.07, 6.45) is 0.345. The molecule has 0 N–H and O–H groups in total. The molecule has 2 rings (SSSR count). The zero-order valence-corrected chi connectivity index (χ0v) is 9.44. The Kier molecular flexibility index (Phi) is 3.25. The molecule has 1 fully saturated rings. The highest BCUT2D eigenvalue weighted by Gasteiger charge is 2.34. The fourth-order valence-electron chi connectivity index (χ4n) is 1.60. The lowest BCUT2D eigenvalue weighted by Gasteiger charge is -2.37. The van der Waals surface area contributed by atoms with Crippen molar-refractivity contribution in [3.8, 4) is 0 Å². The van der Waals surface area contributed by atoms with Crippen molar-refractivity contribution in [1.29, 1.82) is 0 Å². The van der Waals surface area contributed by atoms with E-state index in [0.29, 0.717) is 26.2 Å². The van der Waals surface area contributed by atoms with E-state index < -0.39 is 0 Å². The maximum absolute atomic E-state index is 11.5. The standard InChI is InChI=1S/C13H16O3/c1-13(8-15-9-13)10-16-12(14)7-11-5-3-2-4-6-11/h2-6H,7-10H2,1H3. The number of ether oxygens (including phenoxy) is 2. The molecule has 3 heteroatoms. The summed E-state index contributed by atoms with van der Waals surface area (Å²) in [6, 6.07) is 9.62. The highest BCUT2D eigenvalue weighted by atomic mass is 16.5. The summed E-state index contributed by atoms with van der Waals surface area (Å²) in [6.45, 7) is 3.89. The molecule has 1 aromatic rings. The average molecular weight is 220 g/mol. The highest BCUT2D eigenvalue weighted by molar-refractivity contribution is 5.72. The third-order valence-electron chi connectivity index (χ3n) is 2.67. The lowest BCUT2D eigenvalue weighted by Crippen LogP contribution is -2.44. The second kappa shape index (κ2) is 4.66. The van der Waals surface area contributed by atoms with E-state index in [2.05, 4.69) is 6.92 Å². The van der Waals surface area contributed by atoms with Gasteiger partial charge < -0.3 is 9.47 Å². The maximum atomic E-state index is 11.5. The molecule has 1 aliphatic heterocycles. The zero-order chi connectivity index (χ0) is 11.4. The lowest BCUT2D eigenvalue weighted by molar-refractivity contribution is -0.164. The summed E-state index contributed by atoms with van der Waals surface area (Å²) in [7, 11) is 0. The van der Waals surface area contributed by atoms with Crippen molar-refractivity contribution >= 4 is 5.97 Å². The number of benzene rings is 1. The molecule has 0 bridgehead atoms. The first kappa shape index (κ1) is 11.1. The van der Waals surface area contributed by atoms with E-state index in [1.807, 2.05) is 30.3 Å². The molecule has 16 heavy (non-hydrogen) atoms. The molecule has 0 aliphatic carbocycles. The third-order valence-corrected chi connectivity index (χ3v) is 2.67. The molecule has 3 nitrogen and oxygen atoms in total. The molecular formula is C13H16O3. The van der Waals surface area contributed by atoms with E-state index in [9.17, 15) is 4.79 Å². The van der Waals surface area contributed by atoms with Gasteiger partial charge in [0.1, 0.15) is 6.61 Å². The van der Waals surface area contributed by atoms with Crippen LogP contribution in [-0.2, 0) is 20.7 Å². The number of hydrogen-bond acceptors (Lipinski definition) is 3. The first-order valence-electron chi connectivity index (χ1n) is 5.45. The van der Waals surface area contributed by atoms with Crippen LogP contribution in [0.2, 0.25) is 0 Å². The molecule has 0 aromatic heterocycles. The molecule has 1 aliphatic rings. The Morgan fingerprint density at radius 1 is 1.38 bits per heavy atom. The van der Waals surface area contributed by atoms with E-state index in [0.717, 1.165) is 5.56 Å². The Balaban J connectivity index is 1.76. The Morgan fingerprint density at radius 2 is 2.06 bits per heavy atom. The van der Waals surface area contributed by atoms with Gasteiger partial charge in [-0.2, -0.15) is 0 Å². The van der Waals surface area contributed by atoms with Crippen molar-refractivity contribution in [3.05, 3.63) is 35.9 Å². The minimum Gasteiger partial charge on any atom is -0.465 e. The van der Waals surface area contributed by atoms with Gasteiger partial charge >= 0.3 is 5.97 Å². The second-order valence-electron chi connectivity index (χ2n) is 4.63. The molecule has 0 radical (unpaired) electrons. The van der Waals surface area contributed by atoms with Crippen molar-refractivity contribution in [2.75, 3.05) is 19.8 Å². The maximum Gasteiger partial charge on any atom is 0.310 e. The van der Waals surface area contributed by atoms with Gasteiger partial charge in [-0.1, -0.05) is 37.3 Å². The molecular weight excluding hydrogens is 204 g/mol. The van der Waals surface area contributed by atoms with E-state index in [4.69, 9.17) is 9.47 Å². The molecule has 0 unspecified atom stereocenters. The van der Waals surface area contributed by atoms with Crippen molar-refractivity contribution in [1.82, 2.24) is 0 Å². The van der Waals surface area contributed by atoms with Gasteiger partial charge in [-0.3, -0.25) is 4.79 Å². The molecule has 0 saturated carbocycles. The average Bonchev–Trinajstić information content (AvgIpc) is 2.25. The van der Waals surface area contributed by atoms with E-state index in [1.165, 1.54) is 0 Å². The van der Waals surface area contributed by atoms with Gasteiger partial charge in [0.15, 0.2) is 0 Å². The van der Waals surface area contributed by atoms with Crippen LogP contribution in [0.3, 0.4) is 0 Å². The number of esters is 1. The molecule has 1 saturated heterocycles. The Labute approximate surface area is 95.4 Å². The number of carbonyl (C=O) groups excluding carboxylic acids is 1. The van der Waals surface area contributed by atoms with Crippen LogP contribution in [0.4, 0.5) is 0 Å². The summed E-state index contributed by atoms with van der Waals surface area (Å²) in [5.74, 6) is -0.167. The topological polar surface area (TPSA) is 35.5 Å². The lowest BCUT2D eigenvalue weighted by atomic mass is 9.90. The minimum absolute atomic E-state index is 0.0341.